The van der Waals surface area contributed by atoms with Gasteiger partial charge in [-0.1, -0.05) is 22.5 Å². The minimum Gasteiger partial charge on any atom is -0.457 e. The Bertz CT molecular complexity index is 405. The summed E-state index contributed by atoms with van der Waals surface area (Å²) in [5.41, 5.74) is 2.31. The molecule has 0 bridgehead atoms. The number of ether oxygens (including phenoxy) is 1. The van der Waals surface area contributed by atoms with Crippen LogP contribution in [0, 0.1) is 0 Å². The van der Waals surface area contributed by atoms with Crippen LogP contribution in [0.5, 0.6) is 5.75 Å². The van der Waals surface area contributed by atoms with Gasteiger partial charge >= 0.3 is 0 Å². The Morgan fingerprint density at radius 2 is 2.15 bits per heavy atom. The molecule has 1 aromatic carbocycles. The molecule has 0 amide bonds. The fourth-order valence-electron chi connectivity index (χ4n) is 1.39. The zero-order valence-corrected chi connectivity index (χ0v) is 8.89. The van der Waals surface area contributed by atoms with Crippen LogP contribution in [0.1, 0.15) is 12.5 Å². The van der Waals surface area contributed by atoms with Crippen LogP contribution in [0.25, 0.3) is 5.57 Å². The van der Waals surface area contributed by atoms with Crippen molar-refractivity contribution in [2.24, 2.45) is 0 Å². The van der Waals surface area contributed by atoms with E-state index in [0.717, 1.165) is 15.8 Å². The standard InChI is InChI=1S/C11H9BrO/c1-7-5-8(2)13-11-4-3-9(12)6-10(7)11/h3-6H,2H2,1H3. The number of fused-ring (bicyclic) bond motifs is 1. The maximum Gasteiger partial charge on any atom is 0.134 e. The number of hydrogen-bond donors (Lipinski definition) is 0. The molecule has 1 heterocycles. The van der Waals surface area contributed by atoms with Gasteiger partial charge in [-0.15, -0.1) is 0 Å². The summed E-state index contributed by atoms with van der Waals surface area (Å²) >= 11 is 3.43. The minimum absolute atomic E-state index is 0.701. The quantitative estimate of drug-likeness (QED) is 0.667. The Balaban J connectivity index is 2.60. The molecule has 0 spiro atoms. The first-order valence-electron chi connectivity index (χ1n) is 4.02. The molecule has 1 aromatic rings. The van der Waals surface area contributed by atoms with Gasteiger partial charge in [0.25, 0.3) is 0 Å². The molecule has 1 aliphatic rings. The first-order chi connectivity index (χ1) is 6.16. The van der Waals surface area contributed by atoms with E-state index in [1.807, 2.05) is 24.3 Å². The molecule has 66 valence electrons. The average Bonchev–Trinajstić information content (AvgIpc) is 2.06. The monoisotopic (exact) mass is 236 g/mol. The highest BCUT2D eigenvalue weighted by Gasteiger charge is 2.12. The number of halogens is 1. The molecule has 0 unspecified atom stereocenters. The summed E-state index contributed by atoms with van der Waals surface area (Å²) < 4.78 is 6.53. The van der Waals surface area contributed by atoms with Crippen LogP contribution in [0.3, 0.4) is 0 Å². The van der Waals surface area contributed by atoms with Crippen molar-refractivity contribution < 1.29 is 4.74 Å². The third kappa shape index (κ3) is 1.54. The summed E-state index contributed by atoms with van der Waals surface area (Å²) in [6, 6.07) is 5.96. The molecule has 13 heavy (non-hydrogen) atoms. The maximum absolute atomic E-state index is 5.47. The summed E-state index contributed by atoms with van der Waals surface area (Å²) in [5.74, 6) is 1.58. The van der Waals surface area contributed by atoms with E-state index < -0.39 is 0 Å². The van der Waals surface area contributed by atoms with Gasteiger partial charge in [0.1, 0.15) is 11.5 Å². The van der Waals surface area contributed by atoms with Crippen molar-refractivity contribution in [2.75, 3.05) is 0 Å². The molecule has 0 saturated carbocycles. The zero-order valence-electron chi connectivity index (χ0n) is 7.30. The summed E-state index contributed by atoms with van der Waals surface area (Å²) in [6.45, 7) is 5.83. The van der Waals surface area contributed by atoms with Gasteiger partial charge in [0, 0.05) is 10.0 Å². The highest BCUT2D eigenvalue weighted by Crippen LogP contribution is 2.34. The van der Waals surface area contributed by atoms with E-state index in [4.69, 9.17) is 4.74 Å². The van der Waals surface area contributed by atoms with Gasteiger partial charge in [-0.05, 0) is 36.8 Å². The molecule has 0 fully saturated rings. The van der Waals surface area contributed by atoms with E-state index in [-0.39, 0.29) is 0 Å². The molecule has 0 N–H and O–H groups in total. The second kappa shape index (κ2) is 3.04. The smallest absolute Gasteiger partial charge is 0.134 e. The fraction of sp³-hybridized carbons (Fsp3) is 0.0909. The lowest BCUT2D eigenvalue weighted by Crippen LogP contribution is -2.00. The minimum atomic E-state index is 0.701. The number of rotatable bonds is 0. The lowest BCUT2D eigenvalue weighted by atomic mass is 10.0. The van der Waals surface area contributed by atoms with E-state index in [9.17, 15) is 0 Å². The van der Waals surface area contributed by atoms with Crippen molar-refractivity contribution in [1.82, 2.24) is 0 Å². The lowest BCUT2D eigenvalue weighted by molar-refractivity contribution is 0.441. The maximum atomic E-state index is 5.47. The Kier molecular flexibility index (Phi) is 2.00. The normalized spacial score (nSPS) is 14.6. The van der Waals surface area contributed by atoms with Crippen molar-refractivity contribution in [3.8, 4) is 5.75 Å². The molecule has 1 nitrogen and oxygen atoms in total. The van der Waals surface area contributed by atoms with Gasteiger partial charge < -0.3 is 4.74 Å². The Labute approximate surface area is 85.9 Å². The van der Waals surface area contributed by atoms with Crippen LogP contribution in [-0.2, 0) is 0 Å². The molecule has 2 heteroatoms. The van der Waals surface area contributed by atoms with Gasteiger partial charge in [0.15, 0.2) is 0 Å². The number of benzene rings is 1. The molecule has 2 rings (SSSR count). The third-order valence-corrected chi connectivity index (χ3v) is 2.48. The van der Waals surface area contributed by atoms with Crippen LogP contribution in [0.2, 0.25) is 0 Å². The second-order valence-corrected chi connectivity index (χ2v) is 3.95. The molecule has 0 atom stereocenters. The summed E-state index contributed by atoms with van der Waals surface area (Å²) in [6.07, 6.45) is 1.94. The third-order valence-electron chi connectivity index (χ3n) is 1.98. The van der Waals surface area contributed by atoms with Gasteiger partial charge in [-0.3, -0.25) is 0 Å². The van der Waals surface area contributed by atoms with Crippen molar-refractivity contribution in [1.29, 1.82) is 0 Å². The van der Waals surface area contributed by atoms with Gasteiger partial charge in [0.05, 0.1) is 0 Å². The van der Waals surface area contributed by atoms with Crippen molar-refractivity contribution in [3.63, 3.8) is 0 Å². The van der Waals surface area contributed by atoms with Gasteiger partial charge in [-0.2, -0.15) is 0 Å². The van der Waals surface area contributed by atoms with Crippen LogP contribution in [0.4, 0.5) is 0 Å². The van der Waals surface area contributed by atoms with E-state index in [2.05, 4.69) is 29.4 Å². The Morgan fingerprint density at radius 1 is 1.38 bits per heavy atom. The highest BCUT2D eigenvalue weighted by atomic mass is 79.9. The van der Waals surface area contributed by atoms with E-state index in [1.54, 1.807) is 0 Å². The average molecular weight is 237 g/mol. The first-order valence-corrected chi connectivity index (χ1v) is 4.81. The summed E-state index contributed by atoms with van der Waals surface area (Å²) in [4.78, 5) is 0. The summed E-state index contributed by atoms with van der Waals surface area (Å²) in [5, 5.41) is 0. The molecule has 0 radical (unpaired) electrons. The Hall–Kier alpha value is -1.02. The van der Waals surface area contributed by atoms with Crippen LogP contribution in [0.15, 0.2) is 41.1 Å². The van der Waals surface area contributed by atoms with Crippen molar-refractivity contribution in [3.05, 3.63) is 46.6 Å². The predicted molar refractivity (Wildman–Crippen MR) is 57.6 cm³/mol. The van der Waals surface area contributed by atoms with Gasteiger partial charge in [-0.25, -0.2) is 0 Å². The van der Waals surface area contributed by atoms with E-state index in [0.29, 0.717) is 5.76 Å². The topological polar surface area (TPSA) is 9.23 Å². The largest absolute Gasteiger partial charge is 0.457 e. The van der Waals surface area contributed by atoms with Crippen molar-refractivity contribution in [2.45, 2.75) is 6.92 Å². The first kappa shape index (κ1) is 8.57. The molecule has 1 aliphatic heterocycles. The number of hydrogen-bond acceptors (Lipinski definition) is 1. The predicted octanol–water partition coefficient (Wildman–Crippen LogP) is 3.76. The fourth-order valence-corrected chi connectivity index (χ4v) is 1.75. The van der Waals surface area contributed by atoms with Gasteiger partial charge in [0.2, 0.25) is 0 Å². The molecular formula is C11H9BrO. The molecule has 0 saturated heterocycles. The second-order valence-electron chi connectivity index (χ2n) is 3.04. The van der Waals surface area contributed by atoms with Crippen LogP contribution >= 0.6 is 15.9 Å². The number of allylic oxidation sites excluding steroid dienone is 2. The molecule has 0 aliphatic carbocycles. The molecule has 0 aromatic heterocycles. The molecular weight excluding hydrogens is 228 g/mol. The van der Waals surface area contributed by atoms with E-state index in [1.165, 1.54) is 5.57 Å². The SMILES string of the molecule is C=C1C=C(C)c2cc(Br)ccc2O1. The van der Waals surface area contributed by atoms with Crippen LogP contribution in [-0.4, -0.2) is 0 Å². The zero-order chi connectivity index (χ0) is 9.42. The van der Waals surface area contributed by atoms with Crippen molar-refractivity contribution >= 4 is 21.5 Å². The van der Waals surface area contributed by atoms with Crippen LogP contribution < -0.4 is 4.74 Å². The summed E-state index contributed by atoms with van der Waals surface area (Å²) in [7, 11) is 0. The lowest BCUT2D eigenvalue weighted by Gasteiger charge is -2.17. The Morgan fingerprint density at radius 3 is 2.92 bits per heavy atom. The van der Waals surface area contributed by atoms with E-state index >= 15 is 0 Å². The highest BCUT2D eigenvalue weighted by molar-refractivity contribution is 9.10.